The molecule has 1 N–H and O–H groups in total. The van der Waals surface area contributed by atoms with E-state index >= 15 is 0 Å². The molecule has 0 atom stereocenters. The van der Waals surface area contributed by atoms with Gasteiger partial charge in [0, 0.05) is 12.2 Å². The van der Waals surface area contributed by atoms with Gasteiger partial charge in [0.15, 0.2) is 0 Å². The number of anilines is 1. The topological polar surface area (TPSA) is 29.9 Å². The summed E-state index contributed by atoms with van der Waals surface area (Å²) in [6, 6.07) is 7.42. The van der Waals surface area contributed by atoms with Gasteiger partial charge in [0.05, 0.1) is 23.5 Å². The molecule has 0 unspecified atom stereocenters. The minimum absolute atomic E-state index is 0.0897. The zero-order valence-electron chi connectivity index (χ0n) is 12.0. The fourth-order valence-electron chi connectivity index (χ4n) is 2.17. The van der Waals surface area contributed by atoms with Crippen molar-refractivity contribution in [3.8, 4) is 0 Å². The fraction of sp³-hybridized carbons (Fsp3) is 0.400. The maximum atomic E-state index is 12.9. The van der Waals surface area contributed by atoms with E-state index in [-0.39, 0.29) is 5.69 Å². The first-order chi connectivity index (χ1) is 9.95. The number of nitrogens with zero attached hydrogens (tertiary/aromatic N) is 2. The van der Waals surface area contributed by atoms with Gasteiger partial charge in [-0.1, -0.05) is 19.1 Å². The highest BCUT2D eigenvalue weighted by atomic mass is 19.4. The van der Waals surface area contributed by atoms with Crippen molar-refractivity contribution in [2.24, 2.45) is 0 Å². The molecule has 1 aromatic heterocycles. The molecule has 0 aliphatic heterocycles. The van der Waals surface area contributed by atoms with E-state index in [1.807, 2.05) is 24.6 Å². The molecule has 0 aliphatic rings. The molecule has 6 heteroatoms. The second-order valence-corrected chi connectivity index (χ2v) is 4.69. The molecule has 114 valence electrons. The summed E-state index contributed by atoms with van der Waals surface area (Å²) < 4.78 is 40.6. The first kappa shape index (κ1) is 15.4. The van der Waals surface area contributed by atoms with Crippen molar-refractivity contribution in [2.45, 2.75) is 39.5 Å². The van der Waals surface area contributed by atoms with Crippen molar-refractivity contribution in [2.75, 3.05) is 5.32 Å². The van der Waals surface area contributed by atoms with Crippen LogP contribution in [0.1, 0.15) is 30.8 Å². The third-order valence-electron chi connectivity index (χ3n) is 3.27. The van der Waals surface area contributed by atoms with Gasteiger partial charge in [-0.25, -0.2) is 0 Å². The Morgan fingerprint density at radius 1 is 1.19 bits per heavy atom. The van der Waals surface area contributed by atoms with Crippen molar-refractivity contribution >= 4 is 5.69 Å². The monoisotopic (exact) mass is 297 g/mol. The Morgan fingerprint density at radius 2 is 1.90 bits per heavy atom. The lowest BCUT2D eigenvalue weighted by molar-refractivity contribution is -0.136. The number of aromatic nitrogens is 2. The van der Waals surface area contributed by atoms with Crippen LogP contribution in [-0.4, -0.2) is 9.78 Å². The van der Waals surface area contributed by atoms with Gasteiger partial charge in [-0.15, -0.1) is 0 Å². The van der Waals surface area contributed by atoms with Crippen LogP contribution in [0.3, 0.4) is 0 Å². The second-order valence-electron chi connectivity index (χ2n) is 4.69. The Labute approximate surface area is 121 Å². The summed E-state index contributed by atoms with van der Waals surface area (Å²) in [5.41, 5.74) is 1.26. The number of benzene rings is 1. The number of hydrogen-bond acceptors (Lipinski definition) is 2. The van der Waals surface area contributed by atoms with Gasteiger partial charge >= 0.3 is 6.18 Å². The summed E-state index contributed by atoms with van der Waals surface area (Å²) in [5.74, 6) is 0. The van der Waals surface area contributed by atoms with E-state index in [2.05, 4.69) is 10.4 Å². The average molecular weight is 297 g/mol. The third kappa shape index (κ3) is 3.56. The van der Waals surface area contributed by atoms with Gasteiger partial charge in [0.2, 0.25) is 0 Å². The van der Waals surface area contributed by atoms with Crippen LogP contribution in [0.5, 0.6) is 0 Å². The highest BCUT2D eigenvalue weighted by Crippen LogP contribution is 2.34. The molecule has 2 rings (SSSR count). The molecule has 21 heavy (non-hydrogen) atoms. The molecule has 2 aromatic rings. The standard InChI is InChI=1S/C15H18F3N3/c1-3-11-9-12(21(4-2)20-11)10-19-14-8-6-5-7-13(14)15(16,17)18/h5-9,19H,3-4,10H2,1-2H3. The minimum atomic E-state index is -4.36. The lowest BCUT2D eigenvalue weighted by Crippen LogP contribution is -2.12. The Hall–Kier alpha value is -1.98. The number of nitrogens with one attached hydrogen (secondary N) is 1. The number of rotatable bonds is 5. The Morgan fingerprint density at radius 3 is 2.52 bits per heavy atom. The summed E-state index contributed by atoms with van der Waals surface area (Å²) in [4.78, 5) is 0. The molecule has 0 saturated carbocycles. The van der Waals surface area contributed by atoms with Crippen LogP contribution in [0.15, 0.2) is 30.3 Å². The summed E-state index contributed by atoms with van der Waals surface area (Å²) in [6.07, 6.45) is -3.55. The fourth-order valence-corrected chi connectivity index (χ4v) is 2.17. The number of hydrogen-bond donors (Lipinski definition) is 1. The zero-order valence-corrected chi connectivity index (χ0v) is 12.0. The van der Waals surface area contributed by atoms with Gasteiger partial charge in [0.1, 0.15) is 0 Å². The molecule has 0 bridgehead atoms. The van der Waals surface area contributed by atoms with Gasteiger partial charge in [-0.2, -0.15) is 18.3 Å². The average Bonchev–Trinajstić information content (AvgIpc) is 2.87. The predicted molar refractivity (Wildman–Crippen MR) is 76.0 cm³/mol. The number of aryl methyl sites for hydroxylation is 2. The molecule has 0 spiro atoms. The molecular formula is C15H18F3N3. The van der Waals surface area contributed by atoms with Crippen LogP contribution < -0.4 is 5.32 Å². The van der Waals surface area contributed by atoms with Gasteiger partial charge < -0.3 is 5.32 Å². The predicted octanol–water partition coefficient (Wildman–Crippen LogP) is 4.10. The molecule has 0 radical (unpaired) electrons. The first-order valence-electron chi connectivity index (χ1n) is 6.91. The Bertz CT molecular complexity index is 602. The van der Waals surface area contributed by atoms with Crippen LogP contribution in [0.4, 0.5) is 18.9 Å². The maximum absolute atomic E-state index is 12.9. The van der Waals surface area contributed by atoms with Crippen LogP contribution in [-0.2, 0) is 25.7 Å². The molecule has 1 heterocycles. The number of alkyl halides is 3. The summed E-state index contributed by atoms with van der Waals surface area (Å²) in [5, 5.41) is 7.25. The van der Waals surface area contributed by atoms with Crippen LogP contribution in [0.2, 0.25) is 0 Å². The quantitative estimate of drug-likeness (QED) is 0.900. The molecule has 0 amide bonds. The van der Waals surface area contributed by atoms with Crippen molar-refractivity contribution in [3.05, 3.63) is 47.3 Å². The van der Waals surface area contributed by atoms with E-state index in [0.717, 1.165) is 23.9 Å². The van der Waals surface area contributed by atoms with E-state index in [9.17, 15) is 13.2 Å². The maximum Gasteiger partial charge on any atom is 0.418 e. The number of para-hydroxylation sites is 1. The third-order valence-corrected chi connectivity index (χ3v) is 3.27. The molecule has 0 fully saturated rings. The SMILES string of the molecule is CCc1cc(CNc2ccccc2C(F)(F)F)n(CC)n1. The van der Waals surface area contributed by atoms with Crippen molar-refractivity contribution in [1.29, 1.82) is 0 Å². The van der Waals surface area contributed by atoms with E-state index in [4.69, 9.17) is 0 Å². The molecule has 0 saturated heterocycles. The Balaban J connectivity index is 2.19. The highest BCUT2D eigenvalue weighted by Gasteiger charge is 2.33. The van der Waals surface area contributed by atoms with Gasteiger partial charge in [-0.3, -0.25) is 4.68 Å². The Kier molecular flexibility index (Phi) is 4.55. The molecule has 0 aliphatic carbocycles. The largest absolute Gasteiger partial charge is 0.418 e. The molecule has 1 aromatic carbocycles. The van der Waals surface area contributed by atoms with Crippen LogP contribution >= 0.6 is 0 Å². The zero-order chi connectivity index (χ0) is 15.5. The molecule has 3 nitrogen and oxygen atoms in total. The van der Waals surface area contributed by atoms with E-state index in [0.29, 0.717) is 13.1 Å². The van der Waals surface area contributed by atoms with Gasteiger partial charge in [-0.05, 0) is 31.5 Å². The van der Waals surface area contributed by atoms with Crippen LogP contribution in [0.25, 0.3) is 0 Å². The summed E-state index contributed by atoms with van der Waals surface area (Å²) >= 11 is 0. The van der Waals surface area contributed by atoms with Crippen molar-refractivity contribution < 1.29 is 13.2 Å². The summed E-state index contributed by atoms with van der Waals surface area (Å²) in [6.45, 7) is 4.96. The van der Waals surface area contributed by atoms with Crippen molar-refractivity contribution in [1.82, 2.24) is 9.78 Å². The van der Waals surface area contributed by atoms with Gasteiger partial charge in [0.25, 0.3) is 0 Å². The summed E-state index contributed by atoms with van der Waals surface area (Å²) in [7, 11) is 0. The van der Waals surface area contributed by atoms with E-state index in [1.165, 1.54) is 12.1 Å². The first-order valence-corrected chi connectivity index (χ1v) is 6.91. The minimum Gasteiger partial charge on any atom is -0.379 e. The van der Waals surface area contributed by atoms with Crippen molar-refractivity contribution in [3.63, 3.8) is 0 Å². The van der Waals surface area contributed by atoms with Crippen LogP contribution in [0, 0.1) is 0 Å². The lowest BCUT2D eigenvalue weighted by atomic mass is 10.1. The van der Waals surface area contributed by atoms with E-state index in [1.54, 1.807) is 6.07 Å². The van der Waals surface area contributed by atoms with E-state index < -0.39 is 11.7 Å². The second kappa shape index (κ2) is 6.20. The highest BCUT2D eigenvalue weighted by molar-refractivity contribution is 5.52. The smallest absolute Gasteiger partial charge is 0.379 e. The molecular weight excluding hydrogens is 279 g/mol. The normalized spacial score (nSPS) is 11.7. The number of halogens is 3. The lowest BCUT2D eigenvalue weighted by Gasteiger charge is -2.14.